The molecule has 2 N–H and O–H groups in total. The monoisotopic (exact) mass is 344 g/mol. The predicted molar refractivity (Wildman–Crippen MR) is 97.4 cm³/mol. The van der Waals surface area contributed by atoms with Crippen LogP contribution in [0.4, 0.5) is 0 Å². The van der Waals surface area contributed by atoms with Gasteiger partial charge in [-0.2, -0.15) is 11.8 Å². The second kappa shape index (κ2) is 9.33. The number of thioether (sulfide) groups is 1. The molecule has 0 radical (unpaired) electrons. The van der Waals surface area contributed by atoms with Crippen molar-refractivity contribution in [2.24, 2.45) is 11.7 Å². The van der Waals surface area contributed by atoms with E-state index in [-0.39, 0.29) is 28.6 Å². The van der Waals surface area contributed by atoms with E-state index in [2.05, 4.69) is 0 Å². The van der Waals surface area contributed by atoms with Crippen LogP contribution in [0.1, 0.15) is 41.5 Å². The maximum absolute atomic E-state index is 12.7. The number of carbonyl (C=O) groups excluding carboxylic acids is 2. The van der Waals surface area contributed by atoms with E-state index in [1.54, 1.807) is 43.6 Å². The summed E-state index contributed by atoms with van der Waals surface area (Å²) in [5.41, 5.74) is 6.66. The molecule has 0 aliphatic rings. The van der Waals surface area contributed by atoms with Crippen LogP contribution < -0.4 is 5.73 Å². The maximum atomic E-state index is 12.7. The Bertz CT molecular complexity index is 447. The third kappa shape index (κ3) is 6.18. The zero-order valence-electron chi connectivity index (χ0n) is 15.7. The van der Waals surface area contributed by atoms with Gasteiger partial charge in [-0.05, 0) is 39.9 Å². The molecule has 0 bridgehead atoms. The molecule has 0 rings (SSSR count). The van der Waals surface area contributed by atoms with Crippen LogP contribution in [-0.4, -0.2) is 53.5 Å². The number of amides is 1. The van der Waals surface area contributed by atoms with E-state index < -0.39 is 6.04 Å². The predicted octanol–water partition coefficient (Wildman–Crippen LogP) is 2.45. The first-order chi connectivity index (χ1) is 10.5. The molecule has 0 aromatic carbocycles. The van der Waals surface area contributed by atoms with Crippen molar-refractivity contribution in [3.8, 4) is 0 Å². The van der Waals surface area contributed by atoms with Gasteiger partial charge in [-0.3, -0.25) is 4.79 Å². The molecule has 0 fully saturated rings. The molecule has 6 heteroatoms. The van der Waals surface area contributed by atoms with Gasteiger partial charge in [-0.1, -0.05) is 19.9 Å². The number of hydrogen-bond acceptors (Lipinski definition) is 5. The van der Waals surface area contributed by atoms with Gasteiger partial charge in [0.05, 0.1) is 18.7 Å². The molecular formula is C17H32N2O3S. The van der Waals surface area contributed by atoms with Crippen LogP contribution in [0.2, 0.25) is 0 Å². The number of ether oxygens (including phenoxy) is 1. The van der Waals surface area contributed by atoms with Gasteiger partial charge in [0.25, 0.3) is 0 Å². The van der Waals surface area contributed by atoms with Gasteiger partial charge in [0.15, 0.2) is 0 Å². The first kappa shape index (κ1) is 22.0. The summed E-state index contributed by atoms with van der Waals surface area (Å²) in [5, 5.41) is 0. The first-order valence-corrected chi connectivity index (χ1v) is 9.15. The molecule has 0 aromatic heterocycles. The topological polar surface area (TPSA) is 72.6 Å². The molecule has 0 aromatic rings. The van der Waals surface area contributed by atoms with Crippen LogP contribution in [0.5, 0.6) is 0 Å². The van der Waals surface area contributed by atoms with Crippen molar-refractivity contribution in [3.63, 3.8) is 0 Å². The van der Waals surface area contributed by atoms with Gasteiger partial charge in [0, 0.05) is 17.4 Å². The molecule has 0 heterocycles. The molecule has 0 saturated heterocycles. The van der Waals surface area contributed by atoms with E-state index in [1.165, 1.54) is 0 Å². The second-order valence-corrected chi connectivity index (χ2v) is 8.00. The summed E-state index contributed by atoms with van der Waals surface area (Å²) >= 11 is 1.56. The minimum Gasteiger partial charge on any atom is -0.463 e. The van der Waals surface area contributed by atoms with Crippen molar-refractivity contribution in [2.75, 3.05) is 19.9 Å². The van der Waals surface area contributed by atoms with Crippen molar-refractivity contribution in [2.45, 2.75) is 58.4 Å². The lowest BCUT2D eigenvalue weighted by atomic mass is 9.97. The van der Waals surface area contributed by atoms with Crippen molar-refractivity contribution in [1.82, 2.24) is 4.90 Å². The van der Waals surface area contributed by atoms with Crippen LogP contribution >= 0.6 is 11.8 Å². The summed E-state index contributed by atoms with van der Waals surface area (Å²) in [6.07, 6.45) is 3.73. The molecule has 23 heavy (non-hydrogen) atoms. The van der Waals surface area contributed by atoms with Crippen molar-refractivity contribution in [3.05, 3.63) is 11.6 Å². The Labute approximate surface area is 145 Å². The third-order valence-corrected chi connectivity index (χ3v) is 5.34. The molecule has 0 aliphatic heterocycles. The van der Waals surface area contributed by atoms with Crippen LogP contribution in [0.15, 0.2) is 11.6 Å². The average molecular weight is 345 g/mol. The third-order valence-electron chi connectivity index (χ3n) is 4.04. The minimum atomic E-state index is -0.611. The van der Waals surface area contributed by atoms with E-state index in [4.69, 9.17) is 10.5 Å². The number of hydrogen-bond donors (Lipinski definition) is 1. The Morgan fingerprint density at radius 2 is 1.87 bits per heavy atom. The summed E-state index contributed by atoms with van der Waals surface area (Å²) in [5.74, 6) is -0.332. The minimum absolute atomic E-state index is 0.129. The molecule has 0 saturated carbocycles. The fourth-order valence-corrected chi connectivity index (χ4v) is 2.47. The fourth-order valence-electron chi connectivity index (χ4n) is 2.11. The Balaban J connectivity index is 5.36. The van der Waals surface area contributed by atoms with Crippen LogP contribution in [0, 0.1) is 5.92 Å². The van der Waals surface area contributed by atoms with E-state index in [9.17, 15) is 9.59 Å². The Morgan fingerprint density at radius 3 is 2.26 bits per heavy atom. The lowest BCUT2D eigenvalue weighted by molar-refractivity contribution is -0.139. The maximum Gasteiger partial charge on any atom is 0.333 e. The highest BCUT2D eigenvalue weighted by Gasteiger charge is 2.35. The Hall–Kier alpha value is -1.01. The van der Waals surface area contributed by atoms with Gasteiger partial charge in [-0.15, -0.1) is 0 Å². The zero-order chi connectivity index (χ0) is 18.4. The molecule has 5 nitrogen and oxygen atoms in total. The molecule has 0 spiro atoms. The fraction of sp³-hybridized carbons (Fsp3) is 0.765. The highest BCUT2D eigenvalue weighted by molar-refractivity contribution is 8.00. The number of carbonyl (C=O) groups is 2. The Morgan fingerprint density at radius 1 is 1.35 bits per heavy atom. The number of likely N-dealkylation sites (N-methyl/N-ethyl adjacent to an activating group) is 1. The zero-order valence-corrected chi connectivity index (χ0v) is 16.5. The van der Waals surface area contributed by atoms with Gasteiger partial charge < -0.3 is 15.4 Å². The van der Waals surface area contributed by atoms with Crippen LogP contribution in [-0.2, 0) is 14.3 Å². The van der Waals surface area contributed by atoms with Gasteiger partial charge >= 0.3 is 5.97 Å². The molecular weight excluding hydrogens is 312 g/mol. The normalized spacial score (nSPS) is 15.3. The van der Waals surface area contributed by atoms with Crippen molar-refractivity contribution < 1.29 is 14.3 Å². The summed E-state index contributed by atoms with van der Waals surface area (Å²) < 4.78 is 4.65. The van der Waals surface area contributed by atoms with Crippen molar-refractivity contribution >= 4 is 23.6 Å². The lowest BCUT2D eigenvalue weighted by Crippen LogP contribution is -2.55. The van der Waals surface area contributed by atoms with E-state index in [0.717, 1.165) is 0 Å². The summed E-state index contributed by atoms with van der Waals surface area (Å²) in [6.45, 7) is 11.7. The number of rotatable bonds is 8. The van der Waals surface area contributed by atoms with Gasteiger partial charge in [0.2, 0.25) is 5.91 Å². The number of esters is 1. The molecule has 1 amide bonds. The van der Waals surface area contributed by atoms with E-state index in [1.807, 2.05) is 34.0 Å². The average Bonchev–Trinajstić information content (AvgIpc) is 2.49. The molecule has 0 aliphatic carbocycles. The smallest absolute Gasteiger partial charge is 0.333 e. The number of nitrogens with zero attached hydrogens (tertiary/aromatic N) is 1. The van der Waals surface area contributed by atoms with Gasteiger partial charge in [-0.25, -0.2) is 4.79 Å². The molecule has 134 valence electrons. The first-order valence-electron chi connectivity index (χ1n) is 7.92. The van der Waals surface area contributed by atoms with Crippen LogP contribution in [0.25, 0.3) is 0 Å². The van der Waals surface area contributed by atoms with Gasteiger partial charge in [0.1, 0.15) is 0 Å². The Kier molecular flexibility index (Phi) is 8.92. The SMILES string of the molecule is CCOC(=O)C(C)=C[C@H](C(C)C)N(C)C(=O)[C@@H](N)C(C)(C)SC. The molecule has 2 atom stereocenters. The summed E-state index contributed by atoms with van der Waals surface area (Å²) in [7, 11) is 1.73. The lowest BCUT2D eigenvalue weighted by Gasteiger charge is -2.36. The number of nitrogens with two attached hydrogens (primary N) is 1. The standard InChI is InChI=1S/C17H32N2O3S/c1-9-22-16(21)12(4)10-13(11(2)3)19(7)15(20)14(18)17(5,6)23-8/h10-11,13-14H,9,18H2,1-8H3/t13-,14-/m1/s1. The van der Waals surface area contributed by atoms with Crippen molar-refractivity contribution in [1.29, 1.82) is 0 Å². The summed E-state index contributed by atoms with van der Waals surface area (Å²) in [6, 6.07) is -0.823. The highest BCUT2D eigenvalue weighted by atomic mass is 32.2. The van der Waals surface area contributed by atoms with E-state index >= 15 is 0 Å². The van der Waals surface area contributed by atoms with E-state index in [0.29, 0.717) is 12.2 Å². The van der Waals surface area contributed by atoms with Crippen LogP contribution in [0.3, 0.4) is 0 Å². The highest BCUT2D eigenvalue weighted by Crippen LogP contribution is 2.26. The quantitative estimate of drug-likeness (QED) is 0.541. The summed E-state index contributed by atoms with van der Waals surface area (Å²) in [4.78, 5) is 26.2. The largest absolute Gasteiger partial charge is 0.463 e. The second-order valence-electron chi connectivity index (χ2n) is 6.54. The molecule has 0 unspecified atom stereocenters.